The van der Waals surface area contributed by atoms with Crippen LogP contribution < -0.4 is 10.6 Å². The summed E-state index contributed by atoms with van der Waals surface area (Å²) in [5, 5.41) is 9.83. The molecule has 2 amide bonds. The first kappa shape index (κ1) is 15.3. The number of carbonyl (C=O) groups excluding carboxylic acids is 2. The van der Waals surface area contributed by atoms with Gasteiger partial charge in [-0.2, -0.15) is 5.10 Å². The summed E-state index contributed by atoms with van der Waals surface area (Å²) < 4.78 is 1.59. The van der Waals surface area contributed by atoms with Crippen LogP contribution in [0.15, 0.2) is 36.4 Å². The molecule has 1 aliphatic rings. The van der Waals surface area contributed by atoms with E-state index in [9.17, 15) is 9.59 Å². The van der Waals surface area contributed by atoms with Gasteiger partial charge in [0.05, 0.1) is 6.54 Å². The number of benzene rings is 1. The van der Waals surface area contributed by atoms with Gasteiger partial charge in [-0.05, 0) is 24.8 Å². The lowest BCUT2D eigenvalue weighted by atomic mass is 9.93. The van der Waals surface area contributed by atoms with Crippen molar-refractivity contribution in [3.8, 4) is 0 Å². The summed E-state index contributed by atoms with van der Waals surface area (Å²) in [5.74, 6) is -0.470. The van der Waals surface area contributed by atoms with Crippen molar-refractivity contribution in [3.63, 3.8) is 0 Å². The second-order valence-electron chi connectivity index (χ2n) is 5.74. The van der Waals surface area contributed by atoms with Crippen molar-refractivity contribution in [2.75, 3.05) is 7.05 Å². The molecule has 0 unspecified atom stereocenters. The molecule has 0 aliphatic heterocycles. The molecule has 1 aromatic carbocycles. The fraction of sp³-hybridized carbons (Fsp3) is 0.353. The second-order valence-corrected chi connectivity index (χ2v) is 5.74. The minimum Gasteiger partial charge on any atom is -0.354 e. The third kappa shape index (κ3) is 3.41. The van der Waals surface area contributed by atoms with Crippen LogP contribution in [0.1, 0.15) is 45.8 Å². The highest BCUT2D eigenvalue weighted by molar-refractivity contribution is 5.97. The van der Waals surface area contributed by atoms with Gasteiger partial charge in [-0.3, -0.25) is 14.3 Å². The Balaban J connectivity index is 1.86. The van der Waals surface area contributed by atoms with Gasteiger partial charge >= 0.3 is 0 Å². The van der Waals surface area contributed by atoms with Gasteiger partial charge in [-0.15, -0.1) is 0 Å². The highest BCUT2D eigenvalue weighted by Gasteiger charge is 2.24. The van der Waals surface area contributed by atoms with Crippen LogP contribution in [0.3, 0.4) is 0 Å². The molecule has 0 saturated heterocycles. The maximum Gasteiger partial charge on any atom is 0.271 e. The van der Waals surface area contributed by atoms with Gasteiger partial charge in [-0.1, -0.05) is 30.3 Å². The summed E-state index contributed by atoms with van der Waals surface area (Å²) in [6, 6.07) is 11.5. The monoisotopic (exact) mass is 312 g/mol. The Bertz CT molecular complexity index is 705. The maximum absolute atomic E-state index is 12.5. The van der Waals surface area contributed by atoms with Gasteiger partial charge in [0, 0.05) is 19.2 Å². The smallest absolute Gasteiger partial charge is 0.271 e. The van der Waals surface area contributed by atoms with Crippen LogP contribution in [-0.4, -0.2) is 34.7 Å². The van der Waals surface area contributed by atoms with Crippen molar-refractivity contribution in [1.29, 1.82) is 0 Å². The lowest BCUT2D eigenvalue weighted by Gasteiger charge is -2.26. The summed E-state index contributed by atoms with van der Waals surface area (Å²) in [6.07, 6.45) is 3.18. The Hall–Kier alpha value is -2.63. The maximum atomic E-state index is 12.5. The normalized spacial score (nSPS) is 14.1. The fourth-order valence-corrected chi connectivity index (χ4v) is 2.53. The third-order valence-corrected chi connectivity index (χ3v) is 4.09. The van der Waals surface area contributed by atoms with E-state index in [0.717, 1.165) is 24.8 Å². The van der Waals surface area contributed by atoms with E-state index in [2.05, 4.69) is 15.7 Å². The van der Waals surface area contributed by atoms with E-state index >= 15 is 0 Å². The molecule has 1 aromatic heterocycles. The molecule has 1 heterocycles. The predicted octanol–water partition coefficient (Wildman–Crippen LogP) is 1.57. The van der Waals surface area contributed by atoms with E-state index in [1.165, 1.54) is 0 Å². The van der Waals surface area contributed by atoms with E-state index in [1.54, 1.807) is 17.8 Å². The Labute approximate surface area is 134 Å². The van der Waals surface area contributed by atoms with Crippen molar-refractivity contribution in [2.45, 2.75) is 31.8 Å². The summed E-state index contributed by atoms with van der Waals surface area (Å²) in [6.45, 7) is 0.450. The van der Waals surface area contributed by atoms with Crippen molar-refractivity contribution in [1.82, 2.24) is 20.4 Å². The first-order valence-electron chi connectivity index (χ1n) is 7.82. The predicted molar refractivity (Wildman–Crippen MR) is 86.3 cm³/mol. The summed E-state index contributed by atoms with van der Waals surface area (Å²) in [5.41, 5.74) is 1.69. The summed E-state index contributed by atoms with van der Waals surface area (Å²) >= 11 is 0. The molecule has 6 heteroatoms. The van der Waals surface area contributed by atoms with Gasteiger partial charge < -0.3 is 10.6 Å². The number of rotatable bonds is 5. The number of hydrogen-bond donors (Lipinski definition) is 2. The van der Waals surface area contributed by atoms with Gasteiger partial charge in [0.15, 0.2) is 5.69 Å². The molecule has 0 spiro atoms. The van der Waals surface area contributed by atoms with Gasteiger partial charge in [0.2, 0.25) is 0 Å². The van der Waals surface area contributed by atoms with Crippen molar-refractivity contribution in [2.24, 2.45) is 0 Å². The molecule has 1 aliphatic carbocycles. The second kappa shape index (κ2) is 6.64. The van der Waals surface area contributed by atoms with Gasteiger partial charge in [0.1, 0.15) is 5.69 Å². The van der Waals surface area contributed by atoms with E-state index < -0.39 is 0 Å². The van der Waals surface area contributed by atoms with Crippen LogP contribution in [-0.2, 0) is 6.54 Å². The zero-order valence-electron chi connectivity index (χ0n) is 13.1. The molecule has 2 N–H and O–H groups in total. The van der Waals surface area contributed by atoms with E-state index in [-0.39, 0.29) is 23.6 Å². The number of nitrogens with zero attached hydrogens (tertiary/aromatic N) is 2. The summed E-state index contributed by atoms with van der Waals surface area (Å²) in [7, 11) is 1.55. The lowest BCUT2D eigenvalue weighted by molar-refractivity contribution is 0.0905. The van der Waals surface area contributed by atoms with Crippen LogP contribution in [0.4, 0.5) is 0 Å². The van der Waals surface area contributed by atoms with Crippen LogP contribution >= 0.6 is 0 Å². The summed E-state index contributed by atoms with van der Waals surface area (Å²) in [4.78, 5) is 24.3. The molecular formula is C17H20N4O2. The van der Waals surface area contributed by atoms with Crippen LogP contribution in [0.2, 0.25) is 0 Å². The quantitative estimate of drug-likeness (QED) is 0.880. The molecule has 1 saturated carbocycles. The Morgan fingerprint density at radius 2 is 1.96 bits per heavy atom. The van der Waals surface area contributed by atoms with Crippen molar-refractivity contribution >= 4 is 11.8 Å². The molecule has 0 atom stereocenters. The standard InChI is InChI=1S/C17H20N4O2/c1-18-16(22)14-10-15(17(23)19-13-8-5-9-13)21(20-14)11-12-6-3-2-4-7-12/h2-4,6-7,10,13H,5,8-9,11H2,1H3,(H,18,22)(H,19,23). The minimum absolute atomic E-state index is 0.173. The molecule has 6 nitrogen and oxygen atoms in total. The Morgan fingerprint density at radius 1 is 1.22 bits per heavy atom. The average molecular weight is 312 g/mol. The van der Waals surface area contributed by atoms with Crippen LogP contribution in [0.5, 0.6) is 0 Å². The highest BCUT2D eigenvalue weighted by Crippen LogP contribution is 2.19. The minimum atomic E-state index is -0.297. The Morgan fingerprint density at radius 3 is 2.57 bits per heavy atom. The van der Waals surface area contributed by atoms with Crippen molar-refractivity contribution in [3.05, 3.63) is 53.3 Å². The fourth-order valence-electron chi connectivity index (χ4n) is 2.53. The largest absolute Gasteiger partial charge is 0.354 e. The average Bonchev–Trinajstić information content (AvgIpc) is 2.95. The lowest BCUT2D eigenvalue weighted by Crippen LogP contribution is -2.40. The van der Waals surface area contributed by atoms with Crippen molar-refractivity contribution < 1.29 is 9.59 Å². The zero-order valence-corrected chi connectivity index (χ0v) is 13.1. The number of hydrogen-bond acceptors (Lipinski definition) is 3. The van der Waals surface area contributed by atoms with Crippen LogP contribution in [0, 0.1) is 0 Å². The molecule has 0 radical (unpaired) electrons. The first-order chi connectivity index (χ1) is 11.2. The third-order valence-electron chi connectivity index (χ3n) is 4.09. The first-order valence-corrected chi connectivity index (χ1v) is 7.82. The zero-order chi connectivity index (χ0) is 16.2. The van der Waals surface area contributed by atoms with E-state index in [0.29, 0.717) is 12.2 Å². The van der Waals surface area contributed by atoms with E-state index in [4.69, 9.17) is 0 Å². The van der Waals surface area contributed by atoms with Crippen LogP contribution in [0.25, 0.3) is 0 Å². The van der Waals surface area contributed by atoms with Gasteiger partial charge in [-0.25, -0.2) is 0 Å². The highest BCUT2D eigenvalue weighted by atomic mass is 16.2. The number of nitrogens with one attached hydrogen (secondary N) is 2. The molecular weight excluding hydrogens is 292 g/mol. The molecule has 1 fully saturated rings. The molecule has 120 valence electrons. The Kier molecular flexibility index (Phi) is 4.41. The van der Waals surface area contributed by atoms with Gasteiger partial charge in [0.25, 0.3) is 11.8 Å². The topological polar surface area (TPSA) is 76.0 Å². The number of carbonyl (C=O) groups is 2. The molecule has 2 aromatic rings. The number of aromatic nitrogens is 2. The molecule has 23 heavy (non-hydrogen) atoms. The van der Waals surface area contributed by atoms with E-state index in [1.807, 2.05) is 30.3 Å². The molecule has 3 rings (SSSR count). The number of amides is 2. The SMILES string of the molecule is CNC(=O)c1cc(C(=O)NC2CCC2)n(Cc2ccccc2)n1. The molecule has 0 bridgehead atoms.